The van der Waals surface area contributed by atoms with Crippen molar-refractivity contribution in [3.63, 3.8) is 0 Å². The molecule has 152 valence electrons. The first-order valence-electron chi connectivity index (χ1n) is 9.46. The molecule has 3 rings (SSSR count). The summed E-state index contributed by atoms with van der Waals surface area (Å²) in [4.78, 5) is 11.2. The van der Waals surface area contributed by atoms with Gasteiger partial charge in [0.25, 0.3) is 0 Å². The van der Waals surface area contributed by atoms with E-state index in [1.165, 1.54) is 0 Å². The predicted molar refractivity (Wildman–Crippen MR) is 109 cm³/mol. The molecule has 9 heteroatoms. The summed E-state index contributed by atoms with van der Waals surface area (Å²) < 4.78 is 32.7. The maximum Gasteiger partial charge on any atom is 0.240 e. The molecule has 2 heterocycles. The largest absolute Gasteiger partial charge is 0.378 e. The van der Waals surface area contributed by atoms with Gasteiger partial charge in [0.1, 0.15) is 5.82 Å². The van der Waals surface area contributed by atoms with E-state index in [2.05, 4.69) is 38.8 Å². The number of morpholine rings is 1. The highest BCUT2D eigenvalue weighted by Crippen LogP contribution is 2.19. The van der Waals surface area contributed by atoms with Gasteiger partial charge in [-0.05, 0) is 42.7 Å². The molecule has 0 atom stereocenters. The molecule has 2 N–H and O–H groups in total. The smallest absolute Gasteiger partial charge is 0.240 e. The standard InChI is InChI=1S/C19H27N5O3S/c1-15(2)7-10-21-28(25,26)17-5-3-16(4-6-17)22-19-20-9-8-18(23-19)24-11-13-27-14-12-24/h3-6,8-9,15,21H,7,10-14H2,1-2H3,(H,20,22,23). The number of hydrogen-bond donors (Lipinski definition) is 2. The molecule has 1 aromatic heterocycles. The molecule has 1 fully saturated rings. The van der Waals surface area contributed by atoms with E-state index in [-0.39, 0.29) is 4.90 Å². The number of benzene rings is 1. The van der Waals surface area contributed by atoms with E-state index in [1.54, 1.807) is 30.5 Å². The van der Waals surface area contributed by atoms with Gasteiger partial charge in [0.05, 0.1) is 18.1 Å². The Labute approximate surface area is 166 Å². The minimum Gasteiger partial charge on any atom is -0.378 e. The highest BCUT2D eigenvalue weighted by atomic mass is 32.2. The van der Waals surface area contributed by atoms with Gasteiger partial charge in [0, 0.05) is 31.5 Å². The van der Waals surface area contributed by atoms with Crippen molar-refractivity contribution in [3.05, 3.63) is 36.5 Å². The lowest BCUT2D eigenvalue weighted by molar-refractivity contribution is 0.122. The van der Waals surface area contributed by atoms with Gasteiger partial charge in [-0.2, -0.15) is 4.98 Å². The summed E-state index contributed by atoms with van der Waals surface area (Å²) in [6, 6.07) is 8.44. The fraction of sp³-hybridized carbons (Fsp3) is 0.474. The van der Waals surface area contributed by atoms with Crippen molar-refractivity contribution in [2.75, 3.05) is 43.1 Å². The van der Waals surface area contributed by atoms with E-state index in [4.69, 9.17) is 4.74 Å². The summed E-state index contributed by atoms with van der Waals surface area (Å²) in [6.45, 7) is 7.53. The van der Waals surface area contributed by atoms with Gasteiger partial charge < -0.3 is 15.0 Å². The normalized spacial score (nSPS) is 15.0. The molecule has 0 amide bonds. The van der Waals surface area contributed by atoms with Crippen LogP contribution in [0.3, 0.4) is 0 Å². The third kappa shape index (κ3) is 5.63. The summed E-state index contributed by atoms with van der Waals surface area (Å²) in [7, 11) is -3.49. The third-order valence-corrected chi connectivity index (χ3v) is 5.89. The molecule has 0 radical (unpaired) electrons. The fourth-order valence-corrected chi connectivity index (χ4v) is 3.84. The van der Waals surface area contributed by atoms with Crippen LogP contribution < -0.4 is 14.9 Å². The van der Waals surface area contributed by atoms with Crippen LogP contribution in [0, 0.1) is 5.92 Å². The summed E-state index contributed by atoms with van der Waals surface area (Å²) in [5, 5.41) is 3.12. The zero-order valence-electron chi connectivity index (χ0n) is 16.3. The molecule has 1 aliphatic rings. The monoisotopic (exact) mass is 405 g/mol. The molecule has 0 bridgehead atoms. The second kappa shape index (κ2) is 9.31. The summed E-state index contributed by atoms with van der Waals surface area (Å²) in [6.07, 6.45) is 2.51. The molecule has 0 aliphatic carbocycles. The summed E-state index contributed by atoms with van der Waals surface area (Å²) in [5.41, 5.74) is 0.722. The zero-order chi connectivity index (χ0) is 20.0. The number of aromatic nitrogens is 2. The minimum atomic E-state index is -3.49. The number of hydrogen-bond acceptors (Lipinski definition) is 7. The topological polar surface area (TPSA) is 96.5 Å². The Kier molecular flexibility index (Phi) is 6.82. The van der Waals surface area contributed by atoms with Gasteiger partial charge in [0.15, 0.2) is 0 Å². The lowest BCUT2D eigenvalue weighted by atomic mass is 10.1. The van der Waals surface area contributed by atoms with Crippen LogP contribution in [0.4, 0.5) is 17.5 Å². The molecular formula is C19H27N5O3S. The average Bonchev–Trinajstić information content (AvgIpc) is 2.69. The number of sulfonamides is 1. The molecule has 28 heavy (non-hydrogen) atoms. The maximum absolute atomic E-state index is 12.3. The molecule has 1 aliphatic heterocycles. The molecule has 2 aromatic rings. The molecular weight excluding hydrogens is 378 g/mol. The van der Waals surface area contributed by atoms with Crippen molar-refractivity contribution >= 4 is 27.5 Å². The van der Waals surface area contributed by atoms with Gasteiger partial charge >= 0.3 is 0 Å². The van der Waals surface area contributed by atoms with Gasteiger partial charge in [-0.3, -0.25) is 0 Å². The first-order chi connectivity index (χ1) is 13.4. The Morgan fingerprint density at radius 1 is 1.14 bits per heavy atom. The van der Waals surface area contributed by atoms with Crippen molar-refractivity contribution in [1.29, 1.82) is 0 Å². The van der Waals surface area contributed by atoms with Crippen molar-refractivity contribution in [2.45, 2.75) is 25.2 Å². The number of ether oxygens (including phenoxy) is 1. The van der Waals surface area contributed by atoms with Crippen molar-refractivity contribution in [3.8, 4) is 0 Å². The van der Waals surface area contributed by atoms with Crippen LogP contribution in [0.15, 0.2) is 41.4 Å². The van der Waals surface area contributed by atoms with Crippen LogP contribution in [0.5, 0.6) is 0 Å². The number of anilines is 3. The summed E-state index contributed by atoms with van der Waals surface area (Å²) >= 11 is 0. The Balaban J connectivity index is 1.64. The van der Waals surface area contributed by atoms with Crippen LogP contribution in [-0.4, -0.2) is 51.2 Å². The second-order valence-electron chi connectivity index (χ2n) is 7.07. The molecule has 1 aromatic carbocycles. The van der Waals surface area contributed by atoms with E-state index < -0.39 is 10.0 Å². The van der Waals surface area contributed by atoms with Crippen molar-refractivity contribution in [2.24, 2.45) is 5.92 Å². The Morgan fingerprint density at radius 3 is 2.54 bits per heavy atom. The van der Waals surface area contributed by atoms with E-state index in [9.17, 15) is 8.42 Å². The average molecular weight is 406 g/mol. The van der Waals surface area contributed by atoms with Crippen LogP contribution in [-0.2, 0) is 14.8 Å². The second-order valence-corrected chi connectivity index (χ2v) is 8.83. The van der Waals surface area contributed by atoms with E-state index in [1.807, 2.05) is 6.07 Å². The Morgan fingerprint density at radius 2 is 1.86 bits per heavy atom. The SMILES string of the molecule is CC(C)CCNS(=O)(=O)c1ccc(Nc2nccc(N3CCOCC3)n2)cc1. The summed E-state index contributed by atoms with van der Waals surface area (Å²) in [5.74, 6) is 1.76. The lowest BCUT2D eigenvalue weighted by Gasteiger charge is -2.27. The van der Waals surface area contributed by atoms with Crippen molar-refractivity contribution in [1.82, 2.24) is 14.7 Å². The highest BCUT2D eigenvalue weighted by Gasteiger charge is 2.15. The van der Waals surface area contributed by atoms with Gasteiger partial charge in [0.2, 0.25) is 16.0 Å². The fourth-order valence-electron chi connectivity index (χ4n) is 2.79. The molecule has 8 nitrogen and oxygen atoms in total. The van der Waals surface area contributed by atoms with E-state index in [0.717, 1.165) is 31.0 Å². The van der Waals surface area contributed by atoms with Crippen LogP contribution in [0.1, 0.15) is 20.3 Å². The Bertz CT molecular complexity index is 865. The quantitative estimate of drug-likeness (QED) is 0.696. The number of rotatable bonds is 8. The highest BCUT2D eigenvalue weighted by molar-refractivity contribution is 7.89. The Hall–Kier alpha value is -2.23. The van der Waals surface area contributed by atoms with Crippen LogP contribution >= 0.6 is 0 Å². The lowest BCUT2D eigenvalue weighted by Crippen LogP contribution is -2.36. The maximum atomic E-state index is 12.3. The zero-order valence-corrected chi connectivity index (χ0v) is 17.1. The van der Waals surface area contributed by atoms with E-state index in [0.29, 0.717) is 31.6 Å². The number of nitrogens with one attached hydrogen (secondary N) is 2. The van der Waals surface area contributed by atoms with Gasteiger partial charge in [-0.1, -0.05) is 13.8 Å². The molecule has 0 spiro atoms. The first-order valence-corrected chi connectivity index (χ1v) is 10.9. The molecule has 0 saturated carbocycles. The number of nitrogens with zero attached hydrogens (tertiary/aromatic N) is 3. The molecule has 1 saturated heterocycles. The third-order valence-electron chi connectivity index (χ3n) is 4.41. The van der Waals surface area contributed by atoms with Gasteiger partial charge in [-0.15, -0.1) is 0 Å². The minimum absolute atomic E-state index is 0.241. The molecule has 0 unspecified atom stereocenters. The van der Waals surface area contributed by atoms with Crippen LogP contribution in [0.2, 0.25) is 0 Å². The van der Waals surface area contributed by atoms with E-state index >= 15 is 0 Å². The first kappa shape index (κ1) is 20.5. The van der Waals surface area contributed by atoms with Gasteiger partial charge in [-0.25, -0.2) is 18.1 Å². The van der Waals surface area contributed by atoms with Crippen molar-refractivity contribution < 1.29 is 13.2 Å². The predicted octanol–water partition coefficient (Wildman–Crippen LogP) is 2.38. The van der Waals surface area contributed by atoms with Crippen LogP contribution in [0.25, 0.3) is 0 Å².